The number of ether oxygens (including phenoxy) is 3. The maximum Gasteiger partial charge on any atom is 0.284 e. The molecule has 2 aliphatic rings. The highest BCUT2D eigenvalue weighted by atomic mass is 19.1. The van der Waals surface area contributed by atoms with Crippen LogP contribution in [0, 0.1) is 5.82 Å². The molecule has 6 nitrogen and oxygen atoms in total. The summed E-state index contributed by atoms with van der Waals surface area (Å²) in [5.41, 5.74) is 4.80. The maximum absolute atomic E-state index is 12.9. The van der Waals surface area contributed by atoms with Crippen LogP contribution in [0.15, 0.2) is 42.5 Å². The molecule has 0 aromatic heterocycles. The predicted molar refractivity (Wildman–Crippen MR) is 112 cm³/mol. The lowest BCUT2D eigenvalue weighted by Crippen LogP contribution is -2.42. The van der Waals surface area contributed by atoms with E-state index in [1.165, 1.54) is 17.7 Å². The topological polar surface area (TPSA) is 66.0 Å². The second-order valence-electron chi connectivity index (χ2n) is 7.87. The summed E-state index contributed by atoms with van der Waals surface area (Å²) in [6.45, 7) is 1.22. The summed E-state index contributed by atoms with van der Waals surface area (Å²) in [5, 5.41) is 0. The summed E-state index contributed by atoms with van der Waals surface area (Å²) >= 11 is 0. The van der Waals surface area contributed by atoms with Crippen LogP contribution in [0.5, 0.6) is 11.5 Å². The quantitative estimate of drug-likeness (QED) is 0.505. The number of hydrogen-bond donors (Lipinski definition) is 1. The molecule has 1 N–H and O–H groups in total. The van der Waals surface area contributed by atoms with Crippen molar-refractivity contribution in [3.05, 3.63) is 59.4 Å². The fraction of sp³-hybridized carbons (Fsp3) is 0.458. The number of hydroxylamine groups is 1. The van der Waals surface area contributed by atoms with E-state index in [9.17, 15) is 9.18 Å². The van der Waals surface area contributed by atoms with Gasteiger partial charge in [-0.3, -0.25) is 4.79 Å². The van der Waals surface area contributed by atoms with Crippen molar-refractivity contribution in [3.63, 3.8) is 0 Å². The van der Waals surface area contributed by atoms with Crippen molar-refractivity contribution in [1.29, 1.82) is 0 Å². The zero-order valence-corrected chi connectivity index (χ0v) is 17.5. The van der Waals surface area contributed by atoms with Crippen molar-refractivity contribution < 1.29 is 28.2 Å². The van der Waals surface area contributed by atoms with Gasteiger partial charge < -0.3 is 14.2 Å². The maximum atomic E-state index is 12.9. The Kier molecular flexibility index (Phi) is 7.38. The molecule has 2 heterocycles. The third kappa shape index (κ3) is 6.18. The Morgan fingerprint density at radius 2 is 2.00 bits per heavy atom. The third-order valence-electron chi connectivity index (χ3n) is 5.48. The molecule has 0 aliphatic carbocycles. The van der Waals surface area contributed by atoms with Gasteiger partial charge in [-0.1, -0.05) is 12.1 Å². The molecule has 2 atom stereocenters. The number of aryl methyl sites for hydroxylation is 2. The van der Waals surface area contributed by atoms with Crippen molar-refractivity contribution in [2.75, 3.05) is 13.2 Å². The van der Waals surface area contributed by atoms with Crippen LogP contribution >= 0.6 is 0 Å². The first kappa shape index (κ1) is 21.6. The molecule has 166 valence electrons. The monoisotopic (exact) mass is 429 g/mol. The molecule has 1 saturated heterocycles. The van der Waals surface area contributed by atoms with Gasteiger partial charge in [0.1, 0.15) is 17.3 Å². The number of carbonyl (C=O) groups is 1. The molecule has 0 saturated carbocycles. The van der Waals surface area contributed by atoms with Gasteiger partial charge >= 0.3 is 0 Å². The van der Waals surface area contributed by atoms with E-state index < -0.39 is 6.10 Å². The number of halogens is 1. The summed E-state index contributed by atoms with van der Waals surface area (Å²) in [6.07, 6.45) is 5.00. The highest BCUT2D eigenvalue weighted by molar-refractivity contribution is 5.80. The van der Waals surface area contributed by atoms with Crippen LogP contribution in [0.25, 0.3) is 0 Å². The van der Waals surface area contributed by atoms with E-state index in [4.69, 9.17) is 19.0 Å². The number of amides is 1. The smallest absolute Gasteiger partial charge is 0.284 e. The lowest BCUT2D eigenvalue weighted by molar-refractivity contribution is -0.203. The second kappa shape index (κ2) is 10.6. The largest absolute Gasteiger partial charge is 0.494 e. The van der Waals surface area contributed by atoms with E-state index >= 15 is 0 Å². The minimum absolute atomic E-state index is 0.269. The number of rotatable bonds is 8. The van der Waals surface area contributed by atoms with Gasteiger partial charge in [-0.2, -0.15) is 0 Å². The van der Waals surface area contributed by atoms with Crippen molar-refractivity contribution in [2.24, 2.45) is 0 Å². The predicted octanol–water partition coefficient (Wildman–Crippen LogP) is 4.11. The molecule has 2 aliphatic heterocycles. The van der Waals surface area contributed by atoms with Crippen LogP contribution in [0.4, 0.5) is 4.39 Å². The molecule has 0 spiro atoms. The molecule has 1 amide bonds. The van der Waals surface area contributed by atoms with Gasteiger partial charge in [-0.05, 0) is 80.0 Å². The molecule has 2 unspecified atom stereocenters. The fourth-order valence-corrected chi connectivity index (χ4v) is 3.77. The molecule has 0 radical (unpaired) electrons. The fourth-order valence-electron chi connectivity index (χ4n) is 3.77. The zero-order chi connectivity index (χ0) is 21.5. The van der Waals surface area contributed by atoms with Gasteiger partial charge in [-0.25, -0.2) is 14.7 Å². The van der Waals surface area contributed by atoms with Gasteiger partial charge in [0.25, 0.3) is 5.91 Å². The average molecular weight is 429 g/mol. The molecule has 31 heavy (non-hydrogen) atoms. The summed E-state index contributed by atoms with van der Waals surface area (Å²) in [5.74, 6) is 0.867. The van der Waals surface area contributed by atoms with Crippen LogP contribution in [0.1, 0.15) is 43.2 Å². The lowest BCUT2D eigenvalue weighted by atomic mass is 9.98. The van der Waals surface area contributed by atoms with E-state index in [0.717, 1.165) is 49.8 Å². The Labute approximate surface area is 181 Å². The van der Waals surface area contributed by atoms with E-state index in [1.807, 2.05) is 12.1 Å². The summed E-state index contributed by atoms with van der Waals surface area (Å²) in [4.78, 5) is 17.7. The lowest BCUT2D eigenvalue weighted by Gasteiger charge is -2.27. The molecular weight excluding hydrogens is 401 g/mol. The Morgan fingerprint density at radius 1 is 1.13 bits per heavy atom. The van der Waals surface area contributed by atoms with Crippen LogP contribution in [0.3, 0.4) is 0 Å². The number of hydrogen-bond acceptors (Lipinski definition) is 5. The first-order valence-corrected chi connectivity index (χ1v) is 10.9. The molecule has 7 heteroatoms. The number of nitrogens with one attached hydrogen (secondary N) is 1. The molecular formula is C24H28FNO5. The van der Waals surface area contributed by atoms with Crippen LogP contribution in [-0.2, 0) is 27.2 Å². The summed E-state index contributed by atoms with van der Waals surface area (Å²) < 4.78 is 29.9. The molecule has 0 bridgehead atoms. The summed E-state index contributed by atoms with van der Waals surface area (Å²) in [6, 6.07) is 12.1. The van der Waals surface area contributed by atoms with E-state index in [1.54, 1.807) is 12.1 Å². The Hall–Kier alpha value is -2.64. The first-order chi connectivity index (χ1) is 15.2. The zero-order valence-electron chi connectivity index (χ0n) is 17.5. The van der Waals surface area contributed by atoms with Gasteiger partial charge in [0, 0.05) is 13.0 Å². The van der Waals surface area contributed by atoms with Gasteiger partial charge in [0.05, 0.1) is 6.61 Å². The Balaban J connectivity index is 1.21. The highest BCUT2D eigenvalue weighted by Gasteiger charge is 2.27. The highest BCUT2D eigenvalue weighted by Crippen LogP contribution is 2.29. The van der Waals surface area contributed by atoms with Gasteiger partial charge in [0.15, 0.2) is 12.4 Å². The van der Waals surface area contributed by atoms with E-state index in [0.29, 0.717) is 25.4 Å². The van der Waals surface area contributed by atoms with Crippen molar-refractivity contribution in [3.8, 4) is 11.5 Å². The van der Waals surface area contributed by atoms with Crippen LogP contribution in [0.2, 0.25) is 0 Å². The Morgan fingerprint density at radius 3 is 2.81 bits per heavy atom. The number of fused-ring (bicyclic) bond motifs is 1. The van der Waals surface area contributed by atoms with Crippen molar-refractivity contribution in [2.45, 2.75) is 57.3 Å². The molecule has 4 rings (SSSR count). The average Bonchev–Trinajstić information content (AvgIpc) is 2.81. The molecule has 2 aromatic rings. The molecule has 2 aromatic carbocycles. The Bertz CT molecular complexity index is 867. The minimum Gasteiger partial charge on any atom is -0.494 e. The van der Waals surface area contributed by atoms with Crippen molar-refractivity contribution >= 4 is 5.91 Å². The van der Waals surface area contributed by atoms with Gasteiger partial charge in [-0.15, -0.1) is 0 Å². The second-order valence-corrected chi connectivity index (χ2v) is 7.87. The van der Waals surface area contributed by atoms with E-state index in [-0.39, 0.29) is 18.0 Å². The first-order valence-electron chi connectivity index (χ1n) is 10.9. The SMILES string of the molecule is O=C(NOC1CCCCO1)C1CCc2cc(CCCOc3ccc(F)cc3)ccc2O1. The van der Waals surface area contributed by atoms with Crippen molar-refractivity contribution in [1.82, 2.24) is 5.48 Å². The summed E-state index contributed by atoms with van der Waals surface area (Å²) in [7, 11) is 0. The standard InChI is InChI=1S/C24H28FNO5/c25-19-8-10-20(11-9-19)28-15-3-4-17-6-12-21-18(16-17)7-13-22(30-21)24(27)26-31-23-5-1-2-14-29-23/h6,8-12,16,22-23H,1-5,7,13-15H2,(H,26,27). The third-order valence-corrected chi connectivity index (χ3v) is 5.48. The minimum atomic E-state index is -0.564. The molecule has 1 fully saturated rings. The van der Waals surface area contributed by atoms with Crippen LogP contribution < -0.4 is 15.0 Å². The number of benzene rings is 2. The normalized spacial score (nSPS) is 20.4. The van der Waals surface area contributed by atoms with Crippen LogP contribution in [-0.4, -0.2) is 31.5 Å². The van der Waals surface area contributed by atoms with E-state index in [2.05, 4.69) is 11.5 Å². The van der Waals surface area contributed by atoms with Gasteiger partial charge in [0.2, 0.25) is 0 Å². The number of carbonyl (C=O) groups excluding carboxylic acids is 1.